The minimum Gasteiger partial charge on any atom is -0.480 e. The van der Waals surface area contributed by atoms with Gasteiger partial charge in [-0.2, -0.15) is 4.31 Å². The summed E-state index contributed by atoms with van der Waals surface area (Å²) >= 11 is 0. The van der Waals surface area contributed by atoms with E-state index in [1.54, 1.807) is 0 Å². The number of sulfonamides is 1. The molecule has 1 aromatic rings. The number of aliphatic carboxylic acids is 1. The first kappa shape index (κ1) is 14.4. The van der Waals surface area contributed by atoms with E-state index in [-0.39, 0.29) is 12.8 Å². The lowest BCUT2D eigenvalue weighted by Gasteiger charge is -2.23. The van der Waals surface area contributed by atoms with Gasteiger partial charge in [0.15, 0.2) is 4.90 Å². The average Bonchev–Trinajstić information content (AvgIpc) is 3.19. The van der Waals surface area contributed by atoms with Gasteiger partial charge in [-0.1, -0.05) is 12.1 Å². The van der Waals surface area contributed by atoms with Crippen molar-refractivity contribution in [3.8, 4) is 0 Å². The van der Waals surface area contributed by atoms with Crippen LogP contribution in [0.1, 0.15) is 12.8 Å². The molecule has 0 heterocycles. The number of hydrogen-bond acceptors (Lipinski definition) is 5. The van der Waals surface area contributed by atoms with Crippen molar-refractivity contribution in [2.75, 3.05) is 7.05 Å². The number of carboxylic acid groups (broad SMARTS) is 1. The Kier molecular flexibility index (Phi) is 3.26. The van der Waals surface area contributed by atoms with Crippen LogP contribution in [0.2, 0.25) is 0 Å². The maximum Gasteiger partial charge on any atom is 0.325 e. The van der Waals surface area contributed by atoms with Crippen molar-refractivity contribution < 1.29 is 23.2 Å². The molecular weight excluding hydrogens is 288 g/mol. The first-order valence-electron chi connectivity index (χ1n) is 5.69. The van der Waals surface area contributed by atoms with Crippen molar-refractivity contribution in [3.63, 3.8) is 0 Å². The Hall–Kier alpha value is -2.00. The largest absolute Gasteiger partial charge is 0.480 e. The SMILES string of the molecule is CN(C1(C(=O)O)CC1)S(=O)(=O)c1ccccc1[N+](=O)[O-]. The van der Waals surface area contributed by atoms with Crippen molar-refractivity contribution in [3.05, 3.63) is 34.4 Å². The molecule has 1 aliphatic carbocycles. The van der Waals surface area contributed by atoms with E-state index in [1.165, 1.54) is 12.1 Å². The van der Waals surface area contributed by atoms with Crippen LogP contribution in [0.4, 0.5) is 5.69 Å². The summed E-state index contributed by atoms with van der Waals surface area (Å²) in [7, 11) is -3.11. The number of hydrogen-bond donors (Lipinski definition) is 1. The van der Waals surface area contributed by atoms with Gasteiger partial charge in [0.2, 0.25) is 0 Å². The smallest absolute Gasteiger partial charge is 0.325 e. The summed E-state index contributed by atoms with van der Waals surface area (Å²) in [6, 6.07) is 4.87. The standard InChI is InChI=1S/C11H12N2O6S/c1-12(11(6-7-11)10(14)15)20(18,19)9-5-3-2-4-8(9)13(16)17/h2-5H,6-7H2,1H3,(H,14,15). The molecule has 1 aromatic carbocycles. The number of nitro groups is 1. The van der Waals surface area contributed by atoms with Gasteiger partial charge >= 0.3 is 5.97 Å². The lowest BCUT2D eigenvalue weighted by Crippen LogP contribution is -2.44. The van der Waals surface area contributed by atoms with Crippen LogP contribution >= 0.6 is 0 Å². The summed E-state index contributed by atoms with van der Waals surface area (Å²) < 4.78 is 25.5. The number of nitrogens with zero attached hydrogens (tertiary/aromatic N) is 2. The highest BCUT2D eigenvalue weighted by molar-refractivity contribution is 7.89. The van der Waals surface area contributed by atoms with E-state index >= 15 is 0 Å². The normalized spacial score (nSPS) is 16.9. The summed E-state index contributed by atoms with van der Waals surface area (Å²) in [5, 5.41) is 20.0. The first-order valence-corrected chi connectivity index (χ1v) is 7.13. The van der Waals surface area contributed by atoms with Gasteiger partial charge < -0.3 is 5.11 Å². The van der Waals surface area contributed by atoms with Crippen LogP contribution in [0.25, 0.3) is 0 Å². The van der Waals surface area contributed by atoms with E-state index in [4.69, 9.17) is 5.11 Å². The van der Waals surface area contributed by atoms with Crippen molar-refractivity contribution in [2.45, 2.75) is 23.3 Å². The highest BCUT2D eigenvalue weighted by Gasteiger charge is 2.58. The molecule has 0 bridgehead atoms. The Morgan fingerprint density at radius 1 is 1.40 bits per heavy atom. The number of rotatable bonds is 5. The zero-order chi connectivity index (χ0) is 15.1. The van der Waals surface area contributed by atoms with Gasteiger partial charge in [0.25, 0.3) is 15.7 Å². The fourth-order valence-electron chi connectivity index (χ4n) is 1.99. The van der Waals surface area contributed by atoms with Crippen LogP contribution in [0.3, 0.4) is 0 Å². The summed E-state index contributed by atoms with van der Waals surface area (Å²) in [6.07, 6.45) is 0.386. The zero-order valence-corrected chi connectivity index (χ0v) is 11.3. The number of carboxylic acids is 1. The lowest BCUT2D eigenvalue weighted by atomic mass is 10.3. The molecule has 0 spiro atoms. The molecule has 20 heavy (non-hydrogen) atoms. The van der Waals surface area contributed by atoms with E-state index < -0.39 is 37.0 Å². The predicted molar refractivity (Wildman–Crippen MR) is 67.6 cm³/mol. The van der Waals surface area contributed by atoms with E-state index in [0.717, 1.165) is 19.2 Å². The van der Waals surface area contributed by atoms with E-state index in [9.17, 15) is 23.3 Å². The van der Waals surface area contributed by atoms with Crippen LogP contribution < -0.4 is 0 Å². The number of nitro benzene ring substituents is 1. The summed E-state index contributed by atoms with van der Waals surface area (Å²) in [6.45, 7) is 0. The van der Waals surface area contributed by atoms with Crippen molar-refractivity contribution >= 4 is 21.7 Å². The van der Waals surface area contributed by atoms with E-state index in [0.29, 0.717) is 4.31 Å². The van der Waals surface area contributed by atoms with Gasteiger partial charge in [-0.15, -0.1) is 0 Å². The van der Waals surface area contributed by atoms with E-state index in [1.807, 2.05) is 0 Å². The topological polar surface area (TPSA) is 118 Å². The fraction of sp³-hybridized carbons (Fsp3) is 0.364. The lowest BCUT2D eigenvalue weighted by molar-refractivity contribution is -0.387. The van der Waals surface area contributed by atoms with E-state index in [2.05, 4.69) is 0 Å². The molecule has 0 amide bonds. The third-order valence-electron chi connectivity index (χ3n) is 3.42. The van der Waals surface area contributed by atoms with Gasteiger partial charge in [0.1, 0.15) is 5.54 Å². The fourth-order valence-corrected chi connectivity index (χ4v) is 3.66. The maximum absolute atomic E-state index is 12.4. The summed E-state index contributed by atoms with van der Waals surface area (Å²) in [5.74, 6) is -1.25. The number of benzene rings is 1. The average molecular weight is 300 g/mol. The molecule has 8 nitrogen and oxygen atoms in total. The minimum atomic E-state index is -4.24. The van der Waals surface area contributed by atoms with Crippen LogP contribution in [0.15, 0.2) is 29.2 Å². The molecule has 1 saturated carbocycles. The van der Waals surface area contributed by atoms with Crippen molar-refractivity contribution in [2.24, 2.45) is 0 Å². The molecule has 1 N–H and O–H groups in total. The molecule has 9 heteroatoms. The summed E-state index contributed by atoms with van der Waals surface area (Å²) in [4.78, 5) is 20.8. The van der Waals surface area contributed by atoms with Gasteiger partial charge in [-0.05, 0) is 18.9 Å². The maximum atomic E-state index is 12.4. The third-order valence-corrected chi connectivity index (χ3v) is 5.40. The Morgan fingerprint density at radius 3 is 2.40 bits per heavy atom. The highest BCUT2D eigenvalue weighted by Crippen LogP contribution is 2.44. The second kappa shape index (κ2) is 4.53. The quantitative estimate of drug-likeness (QED) is 0.635. The van der Waals surface area contributed by atoms with Crippen molar-refractivity contribution in [1.82, 2.24) is 4.31 Å². The third kappa shape index (κ3) is 2.04. The molecule has 0 aromatic heterocycles. The Balaban J connectivity index is 2.52. The Bertz CT molecular complexity index is 680. The van der Waals surface area contributed by atoms with Crippen LogP contribution in [0.5, 0.6) is 0 Å². The second-order valence-electron chi connectivity index (χ2n) is 4.53. The molecule has 0 radical (unpaired) electrons. The van der Waals surface area contributed by atoms with Crippen molar-refractivity contribution in [1.29, 1.82) is 0 Å². The molecule has 0 unspecified atom stereocenters. The van der Waals surface area contributed by atoms with Crippen LogP contribution in [0, 0.1) is 10.1 Å². The minimum absolute atomic E-state index is 0.193. The molecule has 1 aliphatic rings. The molecule has 0 aliphatic heterocycles. The number of likely N-dealkylation sites (N-methyl/N-ethyl adjacent to an activating group) is 1. The van der Waals surface area contributed by atoms with Gasteiger partial charge in [0, 0.05) is 13.1 Å². The van der Waals surface area contributed by atoms with Crippen LogP contribution in [-0.4, -0.2) is 41.3 Å². The molecule has 2 rings (SSSR count). The first-order chi connectivity index (χ1) is 9.23. The van der Waals surface area contributed by atoms with Gasteiger partial charge in [0.05, 0.1) is 4.92 Å². The molecule has 108 valence electrons. The molecule has 0 atom stereocenters. The number of carbonyl (C=O) groups is 1. The van der Waals surface area contributed by atoms with Crippen LogP contribution in [-0.2, 0) is 14.8 Å². The predicted octanol–water partition coefficient (Wildman–Crippen LogP) is 0.832. The van der Waals surface area contributed by atoms with Gasteiger partial charge in [-0.25, -0.2) is 8.42 Å². The van der Waals surface area contributed by atoms with Gasteiger partial charge in [-0.3, -0.25) is 14.9 Å². The second-order valence-corrected chi connectivity index (χ2v) is 6.47. The highest BCUT2D eigenvalue weighted by atomic mass is 32.2. The molecule has 1 fully saturated rings. The Labute approximate surface area is 114 Å². The molecular formula is C11H12N2O6S. The number of para-hydroxylation sites is 1. The molecule has 0 saturated heterocycles. The Morgan fingerprint density at radius 2 is 1.95 bits per heavy atom. The summed E-state index contributed by atoms with van der Waals surface area (Å²) in [5.41, 5.74) is -2.05. The zero-order valence-electron chi connectivity index (χ0n) is 10.5. The monoisotopic (exact) mass is 300 g/mol.